The van der Waals surface area contributed by atoms with E-state index in [9.17, 15) is 19.5 Å². The first-order valence-corrected chi connectivity index (χ1v) is 10.3. The fraction of sp³-hybridized carbons (Fsp3) is 0.609. The second-order valence-corrected chi connectivity index (χ2v) is 9.14. The van der Waals surface area contributed by atoms with Crippen LogP contribution in [0.3, 0.4) is 0 Å². The number of carbonyl (C=O) groups is 3. The molecule has 6 nitrogen and oxygen atoms in total. The zero-order chi connectivity index (χ0) is 20.9. The minimum Gasteiger partial charge on any atom is -0.472 e. The molecule has 156 valence electrons. The number of aliphatic hydroxyl groups excluding tert-OH is 1. The van der Waals surface area contributed by atoms with Gasteiger partial charge in [-0.15, -0.1) is 0 Å². The monoisotopic (exact) mass is 400 g/mol. The van der Waals surface area contributed by atoms with Crippen LogP contribution >= 0.6 is 0 Å². The Hall–Kier alpha value is -2.21. The third-order valence-electron chi connectivity index (χ3n) is 7.45. The molecule has 0 bridgehead atoms. The normalized spacial score (nSPS) is 39.2. The smallest absolute Gasteiger partial charge is 0.303 e. The van der Waals surface area contributed by atoms with Gasteiger partial charge >= 0.3 is 5.97 Å². The van der Waals surface area contributed by atoms with Crippen molar-refractivity contribution in [3.05, 3.63) is 35.8 Å². The Labute approximate surface area is 170 Å². The Balaban J connectivity index is 1.76. The molecule has 1 aromatic rings. The molecule has 3 aliphatic carbocycles. The van der Waals surface area contributed by atoms with Crippen molar-refractivity contribution in [3.8, 4) is 0 Å². The first kappa shape index (κ1) is 20.1. The first-order chi connectivity index (χ1) is 13.7. The van der Waals surface area contributed by atoms with E-state index in [1.807, 2.05) is 6.07 Å². The number of hydrogen-bond acceptors (Lipinski definition) is 6. The van der Waals surface area contributed by atoms with Gasteiger partial charge in [0.05, 0.1) is 18.6 Å². The molecule has 1 heterocycles. The third-order valence-corrected chi connectivity index (χ3v) is 7.45. The molecule has 0 amide bonds. The number of allylic oxidation sites excluding steroid dienone is 1. The van der Waals surface area contributed by atoms with E-state index in [1.165, 1.54) is 13.8 Å². The van der Waals surface area contributed by atoms with Crippen LogP contribution in [0.2, 0.25) is 0 Å². The van der Waals surface area contributed by atoms with Crippen LogP contribution in [0.4, 0.5) is 0 Å². The summed E-state index contributed by atoms with van der Waals surface area (Å²) < 4.78 is 10.6. The number of ketones is 2. The van der Waals surface area contributed by atoms with Crippen LogP contribution in [0.25, 0.3) is 0 Å². The summed E-state index contributed by atoms with van der Waals surface area (Å²) >= 11 is 0. The highest BCUT2D eigenvalue weighted by Gasteiger charge is 2.59. The summed E-state index contributed by atoms with van der Waals surface area (Å²) in [5, 5.41) is 11.3. The van der Waals surface area contributed by atoms with Crippen molar-refractivity contribution in [3.63, 3.8) is 0 Å². The van der Waals surface area contributed by atoms with Gasteiger partial charge in [0.15, 0.2) is 5.78 Å². The molecule has 2 fully saturated rings. The molecule has 3 aliphatic rings. The van der Waals surface area contributed by atoms with Gasteiger partial charge in [-0.05, 0) is 66.7 Å². The van der Waals surface area contributed by atoms with Gasteiger partial charge in [0, 0.05) is 25.2 Å². The zero-order valence-electron chi connectivity index (χ0n) is 17.1. The number of hydrogen-bond donors (Lipinski definition) is 1. The molecule has 0 radical (unpaired) electrons. The number of fused-ring (bicyclic) bond motifs is 3. The highest BCUT2D eigenvalue weighted by Crippen LogP contribution is 2.60. The summed E-state index contributed by atoms with van der Waals surface area (Å²) in [5.74, 6) is -0.962. The van der Waals surface area contributed by atoms with Gasteiger partial charge in [-0.25, -0.2) is 0 Å². The molecule has 2 saturated carbocycles. The van der Waals surface area contributed by atoms with Gasteiger partial charge in [-0.3, -0.25) is 14.4 Å². The van der Waals surface area contributed by atoms with Gasteiger partial charge in [0.2, 0.25) is 0 Å². The molecule has 4 unspecified atom stereocenters. The molecule has 7 atom stereocenters. The van der Waals surface area contributed by atoms with Crippen LogP contribution in [0.5, 0.6) is 0 Å². The largest absolute Gasteiger partial charge is 0.472 e. The van der Waals surface area contributed by atoms with Crippen molar-refractivity contribution in [2.24, 2.45) is 23.2 Å². The van der Waals surface area contributed by atoms with Crippen LogP contribution in [-0.2, 0) is 19.1 Å². The van der Waals surface area contributed by atoms with Crippen molar-refractivity contribution in [2.45, 2.75) is 64.6 Å². The molecular formula is C23H28O6. The molecule has 0 aromatic carbocycles. The van der Waals surface area contributed by atoms with E-state index in [0.29, 0.717) is 24.8 Å². The third kappa shape index (κ3) is 3.27. The van der Waals surface area contributed by atoms with Crippen molar-refractivity contribution >= 4 is 17.5 Å². The Morgan fingerprint density at radius 3 is 2.66 bits per heavy atom. The van der Waals surface area contributed by atoms with Gasteiger partial charge in [-0.1, -0.05) is 6.92 Å². The van der Waals surface area contributed by atoms with E-state index in [-0.39, 0.29) is 35.2 Å². The lowest BCUT2D eigenvalue weighted by Crippen LogP contribution is -2.59. The van der Waals surface area contributed by atoms with Crippen molar-refractivity contribution in [2.75, 3.05) is 0 Å². The average Bonchev–Trinajstić information content (AvgIpc) is 3.17. The van der Waals surface area contributed by atoms with E-state index >= 15 is 0 Å². The van der Waals surface area contributed by atoms with E-state index in [4.69, 9.17) is 9.15 Å². The van der Waals surface area contributed by atoms with Gasteiger partial charge in [0.1, 0.15) is 11.9 Å². The fourth-order valence-electron chi connectivity index (χ4n) is 6.34. The first-order valence-electron chi connectivity index (χ1n) is 10.3. The van der Waals surface area contributed by atoms with Gasteiger partial charge in [-0.2, -0.15) is 0 Å². The molecule has 1 aromatic heterocycles. The molecule has 0 spiro atoms. The maximum atomic E-state index is 13.1. The standard InChI is InChI=1S/C23H28O6/c1-12(24)17-9-20(29-13(2)25)22(27)21-16(17)4-5-18-19(26)8-15(10-23(18,21)3)14-6-7-28-11-14/h6-7,9,11,15-16,18,20-22,27H,4-5,8,10H2,1-3H3/t15?,16?,18-,20-,21?,22?,23-/m0/s1. The topological polar surface area (TPSA) is 93.8 Å². The average molecular weight is 400 g/mol. The van der Waals surface area contributed by atoms with E-state index in [0.717, 1.165) is 12.0 Å². The molecule has 29 heavy (non-hydrogen) atoms. The van der Waals surface area contributed by atoms with E-state index in [2.05, 4.69) is 6.92 Å². The van der Waals surface area contributed by atoms with Crippen LogP contribution in [0, 0.1) is 23.2 Å². The maximum Gasteiger partial charge on any atom is 0.303 e. The van der Waals surface area contributed by atoms with Crippen LogP contribution in [-0.4, -0.2) is 34.9 Å². The Bertz CT molecular complexity index is 853. The Morgan fingerprint density at radius 1 is 1.28 bits per heavy atom. The Kier molecular flexibility index (Phi) is 5.01. The fourth-order valence-corrected chi connectivity index (χ4v) is 6.34. The van der Waals surface area contributed by atoms with Crippen molar-refractivity contribution < 1.29 is 28.6 Å². The molecular weight excluding hydrogens is 372 g/mol. The summed E-state index contributed by atoms with van der Waals surface area (Å²) in [6.45, 7) is 4.88. The lowest BCUT2D eigenvalue weighted by Gasteiger charge is -2.57. The van der Waals surface area contributed by atoms with Crippen LogP contribution in [0.1, 0.15) is 57.9 Å². The number of aliphatic hydroxyl groups is 1. The van der Waals surface area contributed by atoms with E-state index < -0.39 is 23.6 Å². The molecule has 6 heteroatoms. The highest BCUT2D eigenvalue weighted by atomic mass is 16.6. The van der Waals surface area contributed by atoms with Crippen molar-refractivity contribution in [1.82, 2.24) is 0 Å². The minimum atomic E-state index is -0.948. The second-order valence-electron chi connectivity index (χ2n) is 9.14. The summed E-state index contributed by atoms with van der Waals surface area (Å²) in [4.78, 5) is 37.1. The molecule has 0 aliphatic heterocycles. The summed E-state index contributed by atoms with van der Waals surface area (Å²) in [6, 6.07) is 1.89. The Morgan fingerprint density at radius 2 is 2.03 bits per heavy atom. The summed E-state index contributed by atoms with van der Waals surface area (Å²) in [5.41, 5.74) is 1.11. The molecule has 1 N–H and O–H groups in total. The highest BCUT2D eigenvalue weighted by molar-refractivity contribution is 5.94. The molecule has 0 saturated heterocycles. The lowest BCUT2D eigenvalue weighted by atomic mass is 9.47. The van der Waals surface area contributed by atoms with Gasteiger partial charge < -0.3 is 14.3 Å². The number of rotatable bonds is 3. The van der Waals surface area contributed by atoms with Crippen LogP contribution < -0.4 is 0 Å². The predicted molar refractivity (Wildman–Crippen MR) is 104 cm³/mol. The number of ether oxygens (including phenoxy) is 1. The second kappa shape index (κ2) is 7.24. The number of Topliss-reactive ketones (excluding diaryl/α,β-unsaturated/α-hetero) is 2. The zero-order valence-corrected chi connectivity index (χ0v) is 17.1. The molecule has 4 rings (SSSR count). The van der Waals surface area contributed by atoms with E-state index in [1.54, 1.807) is 18.6 Å². The summed E-state index contributed by atoms with van der Waals surface area (Å²) in [6.07, 6.45) is 5.69. The van der Waals surface area contributed by atoms with Crippen LogP contribution in [0.15, 0.2) is 34.7 Å². The number of esters is 1. The predicted octanol–water partition coefficient (Wildman–Crippen LogP) is 3.20. The maximum absolute atomic E-state index is 13.1. The minimum absolute atomic E-state index is 0.0207. The van der Waals surface area contributed by atoms with Crippen molar-refractivity contribution in [1.29, 1.82) is 0 Å². The lowest BCUT2D eigenvalue weighted by molar-refractivity contribution is -0.168. The number of carbonyl (C=O) groups excluding carboxylic acids is 3. The quantitative estimate of drug-likeness (QED) is 0.783. The SMILES string of the molecule is CC(=O)O[C@H]1C=C(C(C)=O)C2CC[C@H]3C(=O)CC(c4ccoc4)C[C@]3(C)C2C1O. The van der Waals surface area contributed by atoms with Gasteiger partial charge in [0.25, 0.3) is 0 Å². The summed E-state index contributed by atoms with van der Waals surface area (Å²) in [7, 11) is 0. The number of furan rings is 1.